The first-order valence-corrected chi connectivity index (χ1v) is 10.8. The van der Waals surface area contributed by atoms with Crippen LogP contribution in [0.5, 0.6) is 0 Å². The number of nitrogens with one attached hydrogen (secondary N) is 1. The molecule has 0 unspecified atom stereocenters. The molecular formula is C25H29N5O. The van der Waals surface area contributed by atoms with Crippen LogP contribution in [0.3, 0.4) is 0 Å². The average molecular weight is 416 g/mol. The summed E-state index contributed by atoms with van der Waals surface area (Å²) in [5.41, 5.74) is 2.73. The van der Waals surface area contributed by atoms with Gasteiger partial charge in [0.2, 0.25) is 5.91 Å². The minimum atomic E-state index is -0.0152. The van der Waals surface area contributed by atoms with Gasteiger partial charge in [0, 0.05) is 55.1 Å². The van der Waals surface area contributed by atoms with Gasteiger partial charge in [-0.25, -0.2) is 9.97 Å². The van der Waals surface area contributed by atoms with Crippen LogP contribution < -0.4 is 5.32 Å². The quantitative estimate of drug-likeness (QED) is 0.632. The van der Waals surface area contributed by atoms with Crippen molar-refractivity contribution in [2.75, 3.05) is 18.4 Å². The number of para-hydroxylation sites is 1. The van der Waals surface area contributed by atoms with Crippen LogP contribution in [0, 0.1) is 5.41 Å². The molecule has 1 saturated heterocycles. The largest absolute Gasteiger partial charge is 0.342 e. The minimum Gasteiger partial charge on any atom is -0.342 e. The lowest BCUT2D eigenvalue weighted by Crippen LogP contribution is -2.31. The summed E-state index contributed by atoms with van der Waals surface area (Å²) in [6.07, 6.45) is 4.99. The summed E-state index contributed by atoms with van der Waals surface area (Å²) in [4.78, 5) is 28.6. The summed E-state index contributed by atoms with van der Waals surface area (Å²) >= 11 is 0. The van der Waals surface area contributed by atoms with Crippen molar-refractivity contribution in [2.24, 2.45) is 5.41 Å². The average Bonchev–Trinajstić information content (AvgIpc) is 3.24. The number of likely N-dealkylation sites (tertiary alicyclic amines) is 1. The molecule has 2 aromatic heterocycles. The van der Waals surface area contributed by atoms with Crippen molar-refractivity contribution in [3.63, 3.8) is 0 Å². The van der Waals surface area contributed by atoms with Crippen LogP contribution in [-0.2, 0) is 4.79 Å². The van der Waals surface area contributed by atoms with Gasteiger partial charge in [-0.15, -0.1) is 0 Å². The van der Waals surface area contributed by atoms with Crippen molar-refractivity contribution < 1.29 is 4.79 Å². The summed E-state index contributed by atoms with van der Waals surface area (Å²) < 4.78 is 0. The van der Waals surface area contributed by atoms with Gasteiger partial charge in [0.05, 0.1) is 5.69 Å². The maximum Gasteiger partial charge on any atom is 0.223 e. The maximum atomic E-state index is 12.7. The Balaban J connectivity index is 1.61. The van der Waals surface area contributed by atoms with Crippen LogP contribution in [0.15, 0.2) is 60.9 Å². The van der Waals surface area contributed by atoms with Gasteiger partial charge >= 0.3 is 0 Å². The second-order valence-corrected chi connectivity index (χ2v) is 9.29. The number of anilines is 2. The number of aromatic nitrogens is 3. The van der Waals surface area contributed by atoms with Crippen molar-refractivity contribution in [3.05, 3.63) is 66.7 Å². The molecule has 0 saturated carbocycles. The molecule has 6 nitrogen and oxygen atoms in total. The molecule has 0 aliphatic carbocycles. The molecule has 4 rings (SSSR count). The zero-order valence-corrected chi connectivity index (χ0v) is 18.4. The van der Waals surface area contributed by atoms with Crippen LogP contribution in [0.25, 0.3) is 11.3 Å². The van der Waals surface area contributed by atoms with Gasteiger partial charge in [0.25, 0.3) is 0 Å². The number of benzene rings is 1. The predicted octanol–water partition coefficient (Wildman–Crippen LogP) is 5.03. The Morgan fingerprint density at radius 3 is 2.65 bits per heavy atom. The number of amides is 1. The van der Waals surface area contributed by atoms with Crippen molar-refractivity contribution in [2.45, 2.75) is 39.5 Å². The van der Waals surface area contributed by atoms with Gasteiger partial charge < -0.3 is 10.2 Å². The Hall–Kier alpha value is -3.28. The molecule has 1 fully saturated rings. The summed E-state index contributed by atoms with van der Waals surface area (Å²) in [7, 11) is 0. The van der Waals surface area contributed by atoms with E-state index in [9.17, 15) is 4.79 Å². The standard InChI is InChI=1S/C25H29N5O/c1-25(2,3)15-23(31)30-13-11-19(17-30)24-28-21(18-8-7-12-26-16-18)14-22(29-24)27-20-9-5-4-6-10-20/h4-10,12,14,16,19H,11,13,15,17H2,1-3H3,(H,27,28,29)/t19-/m0/s1. The van der Waals surface area contributed by atoms with Crippen molar-refractivity contribution in [1.82, 2.24) is 19.9 Å². The smallest absolute Gasteiger partial charge is 0.223 e. The van der Waals surface area contributed by atoms with Crippen LogP contribution in [-0.4, -0.2) is 38.8 Å². The van der Waals surface area contributed by atoms with E-state index in [0.717, 1.165) is 41.6 Å². The zero-order valence-electron chi connectivity index (χ0n) is 18.4. The minimum absolute atomic E-state index is 0.0152. The Morgan fingerprint density at radius 1 is 1.13 bits per heavy atom. The van der Waals surface area contributed by atoms with Crippen LogP contribution in [0.2, 0.25) is 0 Å². The Morgan fingerprint density at radius 2 is 1.94 bits per heavy atom. The summed E-state index contributed by atoms with van der Waals surface area (Å²) in [6.45, 7) is 7.71. The van der Waals surface area contributed by atoms with E-state index in [2.05, 4.69) is 31.1 Å². The number of hydrogen-bond donors (Lipinski definition) is 1. The molecule has 3 heterocycles. The molecule has 1 N–H and O–H groups in total. The number of carbonyl (C=O) groups excluding carboxylic acids is 1. The molecule has 160 valence electrons. The fourth-order valence-electron chi connectivity index (χ4n) is 3.81. The van der Waals surface area contributed by atoms with Crippen LogP contribution >= 0.6 is 0 Å². The van der Waals surface area contributed by atoms with E-state index in [0.29, 0.717) is 13.0 Å². The first-order valence-electron chi connectivity index (χ1n) is 10.8. The van der Waals surface area contributed by atoms with E-state index >= 15 is 0 Å². The van der Waals surface area contributed by atoms with Gasteiger partial charge in [-0.05, 0) is 36.1 Å². The molecule has 31 heavy (non-hydrogen) atoms. The van der Waals surface area contributed by atoms with Crippen molar-refractivity contribution in [3.8, 4) is 11.3 Å². The van der Waals surface area contributed by atoms with E-state index < -0.39 is 0 Å². The lowest BCUT2D eigenvalue weighted by atomic mass is 9.92. The predicted molar refractivity (Wildman–Crippen MR) is 123 cm³/mol. The van der Waals surface area contributed by atoms with Gasteiger partial charge in [-0.1, -0.05) is 39.0 Å². The first kappa shape index (κ1) is 21.0. The second kappa shape index (κ2) is 8.84. The fraction of sp³-hybridized carbons (Fsp3) is 0.360. The van der Waals surface area contributed by atoms with E-state index in [4.69, 9.17) is 9.97 Å². The maximum absolute atomic E-state index is 12.7. The number of hydrogen-bond acceptors (Lipinski definition) is 5. The number of pyridine rings is 1. The Kier molecular flexibility index (Phi) is 5.98. The monoisotopic (exact) mass is 415 g/mol. The van der Waals surface area contributed by atoms with Gasteiger partial charge in [-0.2, -0.15) is 0 Å². The molecule has 6 heteroatoms. The lowest BCUT2D eigenvalue weighted by Gasteiger charge is -2.23. The molecule has 1 aliphatic rings. The molecule has 1 atom stereocenters. The number of nitrogens with zero attached hydrogens (tertiary/aromatic N) is 4. The van der Waals surface area contributed by atoms with E-state index in [1.807, 2.05) is 59.6 Å². The normalized spacial score (nSPS) is 16.4. The third-order valence-corrected chi connectivity index (χ3v) is 5.33. The zero-order chi connectivity index (χ0) is 21.8. The highest BCUT2D eigenvalue weighted by Gasteiger charge is 2.31. The second-order valence-electron chi connectivity index (χ2n) is 9.29. The molecule has 1 aliphatic heterocycles. The molecule has 1 amide bonds. The molecular weight excluding hydrogens is 386 g/mol. The Labute approximate surface area is 183 Å². The highest BCUT2D eigenvalue weighted by Crippen LogP contribution is 2.30. The van der Waals surface area contributed by atoms with Gasteiger partial charge in [0.1, 0.15) is 11.6 Å². The van der Waals surface area contributed by atoms with E-state index in [1.54, 1.807) is 6.20 Å². The summed E-state index contributed by atoms with van der Waals surface area (Å²) in [5.74, 6) is 1.85. The third-order valence-electron chi connectivity index (χ3n) is 5.33. The number of rotatable bonds is 5. The van der Waals surface area contributed by atoms with Crippen molar-refractivity contribution >= 4 is 17.4 Å². The Bertz CT molecular complexity index is 1030. The topological polar surface area (TPSA) is 71.0 Å². The van der Waals surface area contributed by atoms with Gasteiger partial charge in [0.15, 0.2) is 0 Å². The molecule has 0 bridgehead atoms. The molecule has 0 radical (unpaired) electrons. The van der Waals surface area contributed by atoms with Gasteiger partial charge in [-0.3, -0.25) is 9.78 Å². The highest BCUT2D eigenvalue weighted by atomic mass is 16.2. The van der Waals surface area contributed by atoms with E-state index in [1.165, 1.54) is 0 Å². The van der Waals surface area contributed by atoms with Crippen molar-refractivity contribution in [1.29, 1.82) is 0 Å². The third kappa shape index (κ3) is 5.45. The summed E-state index contributed by atoms with van der Waals surface area (Å²) in [6, 6.07) is 15.8. The molecule has 3 aromatic rings. The molecule has 1 aromatic carbocycles. The van der Waals surface area contributed by atoms with E-state index in [-0.39, 0.29) is 17.2 Å². The summed E-state index contributed by atoms with van der Waals surface area (Å²) in [5, 5.41) is 3.39. The highest BCUT2D eigenvalue weighted by molar-refractivity contribution is 5.77. The molecule has 0 spiro atoms. The SMILES string of the molecule is CC(C)(C)CC(=O)N1CC[C@H](c2nc(Nc3ccccc3)cc(-c3cccnc3)n2)C1. The fourth-order valence-corrected chi connectivity index (χ4v) is 3.81. The van der Waals surface area contributed by atoms with Crippen LogP contribution in [0.4, 0.5) is 11.5 Å². The van der Waals surface area contributed by atoms with Crippen LogP contribution in [0.1, 0.15) is 45.4 Å². The number of carbonyl (C=O) groups is 1. The lowest BCUT2D eigenvalue weighted by molar-refractivity contribution is -0.132. The first-order chi connectivity index (χ1) is 14.9.